The summed E-state index contributed by atoms with van der Waals surface area (Å²) in [7, 11) is 0. The van der Waals surface area contributed by atoms with Crippen LogP contribution in [-0.4, -0.2) is 12.8 Å². The molecule has 1 N–H and O–H groups in total. The minimum Gasteiger partial charge on any atom is -0.482 e. The molecule has 0 heterocycles. The molecule has 21 heavy (non-hydrogen) atoms. The molecular weight excluding hydrogens is 358 g/mol. The Hall–Kier alpha value is -2.26. The Balaban J connectivity index is 3.07. The second-order valence-electron chi connectivity index (χ2n) is 3.59. The van der Waals surface area contributed by atoms with Crippen LogP contribution in [0.2, 0.25) is 0 Å². The van der Waals surface area contributed by atoms with Gasteiger partial charge >= 0.3 is 6.18 Å². The van der Waals surface area contributed by atoms with Crippen LogP contribution in [0.5, 0.6) is 5.75 Å². The highest BCUT2D eigenvalue weighted by atomic mass is 79.9. The van der Waals surface area contributed by atoms with Gasteiger partial charge in [0.2, 0.25) is 0 Å². The molecule has 0 atom stereocenters. The Bertz CT molecular complexity index is 628. The van der Waals surface area contributed by atoms with Gasteiger partial charge in [0.25, 0.3) is 0 Å². The molecule has 0 aromatic heterocycles. The molecular formula is C12H6BrF4N3O. The highest BCUT2D eigenvalue weighted by Gasteiger charge is 2.29. The van der Waals surface area contributed by atoms with Crippen LogP contribution in [0.4, 0.5) is 23.2 Å². The van der Waals surface area contributed by atoms with Gasteiger partial charge in [-0.2, -0.15) is 23.7 Å². The molecule has 0 aliphatic rings. The average molecular weight is 364 g/mol. The Morgan fingerprint density at radius 1 is 1.33 bits per heavy atom. The number of hydrogen-bond acceptors (Lipinski definition) is 4. The maximum atomic E-state index is 13.4. The molecule has 0 radical (unpaired) electrons. The van der Waals surface area contributed by atoms with Crippen molar-refractivity contribution in [3.8, 4) is 17.9 Å². The van der Waals surface area contributed by atoms with Gasteiger partial charge in [0.15, 0.2) is 6.61 Å². The van der Waals surface area contributed by atoms with Crippen molar-refractivity contribution in [1.82, 2.24) is 0 Å². The van der Waals surface area contributed by atoms with E-state index in [1.165, 1.54) is 12.1 Å². The zero-order valence-corrected chi connectivity index (χ0v) is 11.7. The number of halogens is 5. The zero-order chi connectivity index (χ0) is 16.0. The van der Waals surface area contributed by atoms with E-state index in [0.29, 0.717) is 0 Å². The van der Waals surface area contributed by atoms with E-state index in [0.717, 1.165) is 18.3 Å². The number of alkyl halides is 3. The summed E-state index contributed by atoms with van der Waals surface area (Å²) in [6.07, 6.45) is -3.62. The number of allylic oxidation sites excluding steroid dienone is 1. The normalized spacial score (nSPS) is 10.2. The molecule has 1 aromatic carbocycles. The Morgan fingerprint density at radius 3 is 2.48 bits per heavy atom. The summed E-state index contributed by atoms with van der Waals surface area (Å²) in [5, 5.41) is 19.4. The molecule has 9 heteroatoms. The van der Waals surface area contributed by atoms with Gasteiger partial charge in [-0.15, -0.1) is 0 Å². The Morgan fingerprint density at radius 2 is 1.95 bits per heavy atom. The molecule has 0 fully saturated rings. The first-order valence-corrected chi connectivity index (χ1v) is 6.01. The lowest BCUT2D eigenvalue weighted by atomic mass is 10.2. The molecule has 0 spiro atoms. The van der Waals surface area contributed by atoms with Crippen molar-refractivity contribution >= 4 is 21.6 Å². The van der Waals surface area contributed by atoms with Crippen molar-refractivity contribution in [3.05, 3.63) is 34.2 Å². The Kier molecular flexibility index (Phi) is 5.56. The van der Waals surface area contributed by atoms with E-state index in [2.05, 4.69) is 26.0 Å². The van der Waals surface area contributed by atoms with E-state index in [9.17, 15) is 17.6 Å². The summed E-state index contributed by atoms with van der Waals surface area (Å²) >= 11 is 2.82. The van der Waals surface area contributed by atoms with Crippen LogP contribution in [0, 0.1) is 28.5 Å². The highest BCUT2D eigenvalue weighted by molar-refractivity contribution is 9.10. The van der Waals surface area contributed by atoms with E-state index < -0.39 is 18.6 Å². The minimum atomic E-state index is -4.56. The third-order valence-corrected chi connectivity index (χ3v) is 2.63. The van der Waals surface area contributed by atoms with Crippen molar-refractivity contribution < 1.29 is 22.3 Å². The molecule has 0 bridgehead atoms. The minimum absolute atomic E-state index is 0.0880. The van der Waals surface area contributed by atoms with Crippen LogP contribution < -0.4 is 10.1 Å². The summed E-state index contributed by atoms with van der Waals surface area (Å²) in [4.78, 5) is 0. The molecule has 0 aliphatic carbocycles. The van der Waals surface area contributed by atoms with Gasteiger partial charge in [0, 0.05) is 12.3 Å². The van der Waals surface area contributed by atoms with E-state index in [-0.39, 0.29) is 21.5 Å². The number of nitriles is 2. The standard InChI is InChI=1S/C12H6BrF4N3O/c13-8-1-11(21-6-12(15,16)17)10(2-9(8)14)20-5-7(3-18)4-19/h1-2,5,20H,6H2. The second kappa shape index (κ2) is 6.95. The van der Waals surface area contributed by atoms with Gasteiger partial charge in [-0.25, -0.2) is 4.39 Å². The fraction of sp³-hybridized carbons (Fsp3) is 0.167. The molecule has 0 amide bonds. The zero-order valence-electron chi connectivity index (χ0n) is 10.1. The van der Waals surface area contributed by atoms with Gasteiger partial charge in [-0.3, -0.25) is 0 Å². The lowest BCUT2D eigenvalue weighted by Gasteiger charge is -2.14. The quantitative estimate of drug-likeness (QED) is 0.651. The van der Waals surface area contributed by atoms with Crippen molar-refractivity contribution in [3.63, 3.8) is 0 Å². The third-order valence-electron chi connectivity index (χ3n) is 2.03. The molecule has 0 unspecified atom stereocenters. The molecule has 0 aliphatic heterocycles. The van der Waals surface area contributed by atoms with Crippen molar-refractivity contribution in [2.24, 2.45) is 0 Å². The first-order valence-electron chi connectivity index (χ1n) is 5.22. The second-order valence-corrected chi connectivity index (χ2v) is 4.45. The average Bonchev–Trinajstić information content (AvgIpc) is 2.41. The number of hydrogen-bond donors (Lipinski definition) is 1. The molecule has 0 saturated heterocycles. The van der Waals surface area contributed by atoms with Gasteiger partial charge in [-0.05, 0) is 22.0 Å². The van der Waals surface area contributed by atoms with Gasteiger partial charge < -0.3 is 10.1 Å². The molecule has 0 saturated carbocycles. The van der Waals surface area contributed by atoms with Crippen LogP contribution in [0.25, 0.3) is 0 Å². The predicted octanol–water partition coefficient (Wildman–Crippen LogP) is 3.87. The smallest absolute Gasteiger partial charge is 0.422 e. The summed E-state index contributed by atoms with van der Waals surface area (Å²) in [6, 6.07) is 4.96. The van der Waals surface area contributed by atoms with Gasteiger partial charge in [0.1, 0.15) is 29.3 Å². The first kappa shape index (κ1) is 16.8. The number of benzene rings is 1. The monoisotopic (exact) mass is 363 g/mol. The molecule has 4 nitrogen and oxygen atoms in total. The van der Waals surface area contributed by atoms with Gasteiger partial charge in [-0.1, -0.05) is 0 Å². The van der Waals surface area contributed by atoms with Crippen LogP contribution in [-0.2, 0) is 0 Å². The molecule has 1 rings (SSSR count). The van der Waals surface area contributed by atoms with E-state index in [1.807, 2.05) is 0 Å². The maximum absolute atomic E-state index is 13.4. The third kappa shape index (κ3) is 5.32. The van der Waals surface area contributed by atoms with Crippen molar-refractivity contribution in [2.45, 2.75) is 6.18 Å². The Labute approximate surface area is 125 Å². The number of nitrogens with zero attached hydrogens (tertiary/aromatic N) is 2. The maximum Gasteiger partial charge on any atom is 0.422 e. The number of ether oxygens (including phenoxy) is 1. The summed E-state index contributed by atoms with van der Waals surface area (Å²) in [6.45, 7) is -1.56. The van der Waals surface area contributed by atoms with Crippen LogP contribution in [0.3, 0.4) is 0 Å². The lowest BCUT2D eigenvalue weighted by molar-refractivity contribution is -0.153. The molecule has 1 aromatic rings. The van der Waals surface area contributed by atoms with Crippen molar-refractivity contribution in [1.29, 1.82) is 10.5 Å². The van der Waals surface area contributed by atoms with E-state index in [1.54, 1.807) is 0 Å². The number of nitrogens with one attached hydrogen (secondary N) is 1. The lowest BCUT2D eigenvalue weighted by Crippen LogP contribution is -2.19. The first-order chi connectivity index (χ1) is 9.76. The largest absolute Gasteiger partial charge is 0.482 e. The fourth-order valence-electron chi connectivity index (χ4n) is 1.16. The number of rotatable bonds is 4. The SMILES string of the molecule is N#CC(C#N)=CNc1cc(F)c(Br)cc1OCC(F)(F)F. The van der Waals surface area contributed by atoms with Gasteiger partial charge in [0.05, 0.1) is 10.2 Å². The molecule has 110 valence electrons. The summed E-state index contributed by atoms with van der Waals surface area (Å²) in [5.74, 6) is -1.03. The number of anilines is 1. The topological polar surface area (TPSA) is 68.8 Å². The predicted molar refractivity (Wildman–Crippen MR) is 68.6 cm³/mol. The van der Waals surface area contributed by atoms with Crippen molar-refractivity contribution in [2.75, 3.05) is 11.9 Å². The summed E-state index contributed by atoms with van der Waals surface area (Å²) in [5.41, 5.74) is -0.483. The van der Waals surface area contributed by atoms with Crippen LogP contribution in [0.1, 0.15) is 0 Å². The van der Waals surface area contributed by atoms with Crippen LogP contribution in [0.15, 0.2) is 28.4 Å². The fourth-order valence-corrected chi connectivity index (χ4v) is 1.48. The highest BCUT2D eigenvalue weighted by Crippen LogP contribution is 2.32. The van der Waals surface area contributed by atoms with Crippen LogP contribution >= 0.6 is 15.9 Å². The van der Waals surface area contributed by atoms with E-state index >= 15 is 0 Å². The summed E-state index contributed by atoms with van der Waals surface area (Å²) < 4.78 is 54.3. The van der Waals surface area contributed by atoms with E-state index in [4.69, 9.17) is 10.5 Å².